The molecule has 0 aliphatic carbocycles. The van der Waals surface area contributed by atoms with Crippen molar-refractivity contribution in [1.82, 2.24) is 9.97 Å². The van der Waals surface area contributed by atoms with Gasteiger partial charge in [-0.1, -0.05) is 16.9 Å². The van der Waals surface area contributed by atoms with Crippen molar-refractivity contribution in [2.45, 2.75) is 5.16 Å². The van der Waals surface area contributed by atoms with Crippen LogP contribution in [0, 0.1) is 5.82 Å². The second-order valence-electron chi connectivity index (χ2n) is 3.71. The van der Waals surface area contributed by atoms with Gasteiger partial charge in [-0.05, 0) is 36.6 Å². The molecule has 7 heteroatoms. The van der Waals surface area contributed by atoms with Gasteiger partial charge >= 0.3 is 0 Å². The normalized spacial score (nSPS) is 11.4. The van der Waals surface area contributed by atoms with Gasteiger partial charge in [-0.2, -0.15) is 0 Å². The number of hydrogen-bond acceptors (Lipinski definition) is 6. The monoisotopic (exact) mass is 291 g/mol. The predicted molar refractivity (Wildman–Crippen MR) is 72.9 cm³/mol. The van der Waals surface area contributed by atoms with Crippen LogP contribution >= 0.6 is 11.8 Å². The molecule has 0 unspecified atom stereocenters. The van der Waals surface area contributed by atoms with Crippen LogP contribution in [0.4, 0.5) is 4.39 Å². The second-order valence-corrected chi connectivity index (χ2v) is 4.49. The van der Waals surface area contributed by atoms with Crippen molar-refractivity contribution in [2.24, 2.45) is 5.16 Å². The highest BCUT2D eigenvalue weighted by atomic mass is 32.2. The lowest BCUT2D eigenvalue weighted by Gasteiger charge is -2.04. The molecule has 1 aromatic heterocycles. The maximum Gasteiger partial charge on any atom is 0.216 e. The maximum atomic E-state index is 12.8. The number of nitrogens with zero attached hydrogens (tertiary/aromatic N) is 3. The molecule has 1 heterocycles. The third-order valence-corrected chi connectivity index (χ3v) is 3.04. The fourth-order valence-electron chi connectivity index (χ4n) is 1.52. The van der Waals surface area contributed by atoms with Gasteiger partial charge in [-0.25, -0.2) is 14.4 Å². The van der Waals surface area contributed by atoms with Crippen molar-refractivity contribution < 1.29 is 14.4 Å². The summed E-state index contributed by atoms with van der Waals surface area (Å²) in [5, 5.41) is 12.5. The van der Waals surface area contributed by atoms with Gasteiger partial charge in [0.2, 0.25) is 5.78 Å². The van der Waals surface area contributed by atoms with Gasteiger partial charge in [0.05, 0.1) is 0 Å². The molecule has 0 radical (unpaired) electrons. The molecule has 0 spiro atoms. The number of aromatic nitrogens is 2. The van der Waals surface area contributed by atoms with Gasteiger partial charge in [0.1, 0.15) is 11.5 Å². The Morgan fingerprint density at radius 2 is 2.00 bits per heavy atom. The van der Waals surface area contributed by atoms with Crippen molar-refractivity contribution in [3.63, 3.8) is 0 Å². The zero-order chi connectivity index (χ0) is 14.5. The van der Waals surface area contributed by atoms with Crippen LogP contribution in [-0.4, -0.2) is 32.9 Å². The van der Waals surface area contributed by atoms with Crippen LogP contribution in [0.3, 0.4) is 0 Å². The molecule has 1 aromatic carbocycles. The zero-order valence-electron chi connectivity index (χ0n) is 10.4. The van der Waals surface area contributed by atoms with Crippen molar-refractivity contribution in [3.8, 4) is 0 Å². The minimum Gasteiger partial charge on any atom is -0.410 e. The number of rotatable bonds is 4. The van der Waals surface area contributed by atoms with Gasteiger partial charge < -0.3 is 5.21 Å². The molecule has 0 aliphatic rings. The van der Waals surface area contributed by atoms with Gasteiger partial charge in [0, 0.05) is 11.8 Å². The van der Waals surface area contributed by atoms with Crippen LogP contribution in [-0.2, 0) is 0 Å². The lowest BCUT2D eigenvalue weighted by Crippen LogP contribution is -2.18. The average molecular weight is 291 g/mol. The standard InChI is InChI=1S/C13H10FN3O2S/c1-20-13-15-7-6-10(16-13)11(17-19)12(18)8-2-4-9(14)5-3-8/h2-7,19H,1H3/b17-11-. The molecular weight excluding hydrogens is 281 g/mol. The van der Waals surface area contributed by atoms with Crippen LogP contribution in [0.1, 0.15) is 16.1 Å². The Bertz CT molecular complexity index is 659. The summed E-state index contributed by atoms with van der Waals surface area (Å²) >= 11 is 1.30. The maximum absolute atomic E-state index is 12.8. The molecule has 20 heavy (non-hydrogen) atoms. The summed E-state index contributed by atoms with van der Waals surface area (Å²) in [4.78, 5) is 20.3. The molecular formula is C13H10FN3O2S. The van der Waals surface area contributed by atoms with Gasteiger partial charge in [0.15, 0.2) is 10.9 Å². The number of halogens is 1. The predicted octanol–water partition coefficient (Wildman–Crippen LogP) is 2.40. The van der Waals surface area contributed by atoms with E-state index in [0.29, 0.717) is 5.16 Å². The molecule has 2 rings (SSSR count). The summed E-state index contributed by atoms with van der Waals surface area (Å²) in [6, 6.07) is 6.43. The van der Waals surface area contributed by atoms with Crippen LogP contribution in [0.25, 0.3) is 0 Å². The summed E-state index contributed by atoms with van der Waals surface area (Å²) in [7, 11) is 0. The first-order valence-electron chi connectivity index (χ1n) is 5.55. The summed E-state index contributed by atoms with van der Waals surface area (Å²) in [5.41, 5.74) is 0.207. The minimum atomic E-state index is -0.543. The highest BCUT2D eigenvalue weighted by molar-refractivity contribution is 7.98. The molecule has 0 saturated carbocycles. The van der Waals surface area contributed by atoms with E-state index in [-0.39, 0.29) is 17.0 Å². The first-order chi connectivity index (χ1) is 9.65. The van der Waals surface area contributed by atoms with Crippen LogP contribution < -0.4 is 0 Å². The number of carbonyl (C=O) groups is 1. The molecule has 2 aromatic rings. The minimum absolute atomic E-state index is 0.209. The van der Waals surface area contributed by atoms with E-state index in [1.807, 2.05) is 0 Å². The molecule has 0 amide bonds. The van der Waals surface area contributed by atoms with Crippen molar-refractivity contribution in [2.75, 3.05) is 6.26 Å². The summed E-state index contributed by atoms with van der Waals surface area (Å²) in [5.74, 6) is -0.992. The Labute approximate surface area is 118 Å². The summed E-state index contributed by atoms with van der Waals surface area (Å²) < 4.78 is 12.8. The molecule has 0 bridgehead atoms. The zero-order valence-corrected chi connectivity index (χ0v) is 11.3. The molecule has 0 aliphatic heterocycles. The molecule has 0 atom stereocenters. The van der Waals surface area contributed by atoms with Gasteiger partial charge in [-0.3, -0.25) is 4.79 Å². The first kappa shape index (κ1) is 14.1. The Balaban J connectivity index is 2.37. The third kappa shape index (κ3) is 3.00. The smallest absolute Gasteiger partial charge is 0.216 e. The van der Waals surface area contributed by atoms with E-state index in [1.54, 1.807) is 6.26 Å². The number of ketones is 1. The van der Waals surface area contributed by atoms with E-state index in [4.69, 9.17) is 5.21 Å². The molecule has 1 N–H and O–H groups in total. The van der Waals surface area contributed by atoms with E-state index >= 15 is 0 Å². The number of hydrogen-bond donors (Lipinski definition) is 1. The lowest BCUT2D eigenvalue weighted by molar-refractivity contribution is 0.106. The van der Waals surface area contributed by atoms with E-state index < -0.39 is 11.6 Å². The first-order valence-corrected chi connectivity index (χ1v) is 6.78. The number of carbonyl (C=O) groups excluding carboxylic acids is 1. The average Bonchev–Trinajstić information content (AvgIpc) is 2.49. The van der Waals surface area contributed by atoms with Crippen LogP contribution in [0.15, 0.2) is 46.8 Å². The highest BCUT2D eigenvalue weighted by Gasteiger charge is 2.19. The van der Waals surface area contributed by atoms with E-state index in [1.165, 1.54) is 36.2 Å². The van der Waals surface area contributed by atoms with Crippen molar-refractivity contribution in [3.05, 3.63) is 53.6 Å². The topological polar surface area (TPSA) is 75.4 Å². The summed E-state index contributed by atoms with van der Waals surface area (Å²) in [6.07, 6.45) is 3.26. The number of oxime groups is 1. The molecule has 0 fully saturated rings. The fraction of sp³-hybridized carbons (Fsp3) is 0.0769. The molecule has 102 valence electrons. The number of thioether (sulfide) groups is 1. The number of benzene rings is 1. The van der Waals surface area contributed by atoms with Crippen LogP contribution in [0.5, 0.6) is 0 Å². The Kier molecular flexibility index (Phi) is 4.41. The Morgan fingerprint density at radius 1 is 1.30 bits per heavy atom. The summed E-state index contributed by atoms with van der Waals surface area (Å²) in [6.45, 7) is 0. The largest absolute Gasteiger partial charge is 0.410 e. The van der Waals surface area contributed by atoms with E-state index in [2.05, 4.69) is 15.1 Å². The fourth-order valence-corrected chi connectivity index (χ4v) is 1.88. The third-order valence-electron chi connectivity index (χ3n) is 2.48. The van der Waals surface area contributed by atoms with E-state index in [0.717, 1.165) is 12.1 Å². The van der Waals surface area contributed by atoms with Gasteiger partial charge in [0.25, 0.3) is 0 Å². The lowest BCUT2D eigenvalue weighted by atomic mass is 10.0. The Hall–Kier alpha value is -2.28. The molecule has 5 nitrogen and oxygen atoms in total. The molecule has 0 saturated heterocycles. The van der Waals surface area contributed by atoms with E-state index in [9.17, 15) is 9.18 Å². The highest BCUT2D eigenvalue weighted by Crippen LogP contribution is 2.12. The van der Waals surface area contributed by atoms with Gasteiger partial charge in [-0.15, -0.1) is 0 Å². The van der Waals surface area contributed by atoms with Crippen molar-refractivity contribution in [1.29, 1.82) is 0 Å². The second kappa shape index (κ2) is 6.25. The van der Waals surface area contributed by atoms with Crippen molar-refractivity contribution >= 4 is 23.3 Å². The SMILES string of the molecule is CSc1nccc(/C(=N/O)C(=O)c2ccc(F)cc2)n1. The van der Waals surface area contributed by atoms with Crippen LogP contribution in [0.2, 0.25) is 0 Å². The Morgan fingerprint density at radius 3 is 2.60 bits per heavy atom. The quantitative estimate of drug-likeness (QED) is 0.234. The number of Topliss-reactive ketones (excluding diaryl/α,β-unsaturated/α-hetero) is 1.